The summed E-state index contributed by atoms with van der Waals surface area (Å²) in [6.07, 6.45) is 2.56. The molecule has 2 aromatic rings. The van der Waals surface area contributed by atoms with Crippen LogP contribution in [0.4, 0.5) is 0 Å². The second-order valence-electron chi connectivity index (χ2n) is 8.38. The van der Waals surface area contributed by atoms with Crippen molar-refractivity contribution >= 4 is 5.96 Å². The third-order valence-corrected chi connectivity index (χ3v) is 5.89. The number of rotatable bonds is 8. The summed E-state index contributed by atoms with van der Waals surface area (Å²) in [5.41, 5.74) is 3.55. The van der Waals surface area contributed by atoms with Gasteiger partial charge in [-0.1, -0.05) is 54.6 Å². The molecule has 0 saturated carbocycles. The van der Waals surface area contributed by atoms with Crippen LogP contribution in [0.2, 0.25) is 0 Å². The van der Waals surface area contributed by atoms with Crippen molar-refractivity contribution in [2.75, 3.05) is 32.8 Å². The van der Waals surface area contributed by atoms with Crippen LogP contribution in [-0.4, -0.2) is 55.9 Å². The molecule has 32 heavy (non-hydrogen) atoms. The lowest BCUT2D eigenvalue weighted by atomic mass is 10.1. The minimum absolute atomic E-state index is 0.125. The molecule has 0 aliphatic carbocycles. The fourth-order valence-electron chi connectivity index (χ4n) is 4.26. The number of hydrogen-bond donors (Lipinski definition) is 1. The van der Waals surface area contributed by atoms with Gasteiger partial charge in [-0.05, 0) is 36.5 Å². The topological polar surface area (TPSA) is 55.3 Å². The average Bonchev–Trinajstić information content (AvgIpc) is 3.38. The van der Waals surface area contributed by atoms with Crippen molar-refractivity contribution in [3.63, 3.8) is 0 Å². The fraction of sp³-hybridized carbons (Fsp3) is 0.500. The zero-order chi connectivity index (χ0) is 22.0. The smallest absolute Gasteiger partial charge is 0.194 e. The minimum Gasteiger partial charge on any atom is -0.375 e. The third-order valence-electron chi connectivity index (χ3n) is 5.89. The highest BCUT2D eigenvalue weighted by molar-refractivity contribution is 5.80. The normalized spacial score (nSPS) is 21.7. The van der Waals surface area contributed by atoms with Crippen LogP contribution in [0.5, 0.6) is 0 Å². The largest absolute Gasteiger partial charge is 0.375 e. The van der Waals surface area contributed by atoms with E-state index in [4.69, 9.17) is 19.2 Å². The Bertz CT molecular complexity index is 852. The number of nitrogens with zero attached hydrogens (tertiary/aromatic N) is 2. The van der Waals surface area contributed by atoms with Crippen molar-refractivity contribution in [3.8, 4) is 0 Å². The summed E-state index contributed by atoms with van der Waals surface area (Å²) in [6.45, 7) is 8.04. The molecule has 0 amide bonds. The molecule has 0 aromatic heterocycles. The summed E-state index contributed by atoms with van der Waals surface area (Å²) in [5.74, 6) is 0.949. The van der Waals surface area contributed by atoms with E-state index >= 15 is 0 Å². The fourth-order valence-corrected chi connectivity index (χ4v) is 4.26. The first kappa shape index (κ1) is 22.8. The van der Waals surface area contributed by atoms with Crippen molar-refractivity contribution in [1.82, 2.24) is 10.2 Å². The van der Waals surface area contributed by atoms with Gasteiger partial charge in [-0.25, -0.2) is 4.99 Å². The lowest BCUT2D eigenvalue weighted by molar-refractivity contribution is -0.0817. The quantitative estimate of drug-likeness (QED) is 0.504. The average molecular weight is 438 g/mol. The Morgan fingerprint density at radius 1 is 1.00 bits per heavy atom. The van der Waals surface area contributed by atoms with Crippen molar-refractivity contribution in [2.24, 2.45) is 4.99 Å². The van der Waals surface area contributed by atoms with Gasteiger partial charge >= 0.3 is 0 Å². The monoisotopic (exact) mass is 437 g/mol. The third kappa shape index (κ3) is 6.55. The molecule has 6 nitrogen and oxygen atoms in total. The molecule has 2 heterocycles. The van der Waals surface area contributed by atoms with Crippen LogP contribution in [0.1, 0.15) is 36.5 Å². The van der Waals surface area contributed by atoms with Gasteiger partial charge in [0.15, 0.2) is 5.96 Å². The van der Waals surface area contributed by atoms with Gasteiger partial charge < -0.3 is 24.4 Å². The van der Waals surface area contributed by atoms with Crippen LogP contribution in [-0.2, 0) is 34.0 Å². The molecule has 172 valence electrons. The number of nitrogens with one attached hydrogen (secondary N) is 1. The number of benzene rings is 2. The van der Waals surface area contributed by atoms with Gasteiger partial charge in [0, 0.05) is 26.2 Å². The van der Waals surface area contributed by atoms with E-state index < -0.39 is 0 Å². The number of ether oxygens (including phenoxy) is 3. The second kappa shape index (κ2) is 12.0. The van der Waals surface area contributed by atoms with Crippen molar-refractivity contribution in [1.29, 1.82) is 0 Å². The van der Waals surface area contributed by atoms with E-state index in [0.29, 0.717) is 26.4 Å². The Morgan fingerprint density at radius 2 is 1.78 bits per heavy atom. The summed E-state index contributed by atoms with van der Waals surface area (Å²) in [4.78, 5) is 7.24. The number of guanidine groups is 1. The first-order chi connectivity index (χ1) is 15.8. The molecule has 4 rings (SSSR count). The van der Waals surface area contributed by atoms with Crippen LogP contribution in [0.3, 0.4) is 0 Å². The lowest BCUT2D eigenvalue weighted by Gasteiger charge is -2.37. The van der Waals surface area contributed by atoms with Gasteiger partial charge in [0.1, 0.15) is 6.10 Å². The van der Waals surface area contributed by atoms with E-state index in [0.717, 1.165) is 45.0 Å². The van der Waals surface area contributed by atoms with Gasteiger partial charge in [-0.15, -0.1) is 0 Å². The molecule has 2 aromatic carbocycles. The van der Waals surface area contributed by atoms with E-state index in [2.05, 4.69) is 53.5 Å². The summed E-state index contributed by atoms with van der Waals surface area (Å²) >= 11 is 0. The Kier molecular flexibility index (Phi) is 8.54. The first-order valence-corrected chi connectivity index (χ1v) is 11.8. The van der Waals surface area contributed by atoms with Gasteiger partial charge in [-0.3, -0.25) is 0 Å². The van der Waals surface area contributed by atoms with Crippen LogP contribution in [0.25, 0.3) is 0 Å². The van der Waals surface area contributed by atoms with Gasteiger partial charge in [0.25, 0.3) is 0 Å². The van der Waals surface area contributed by atoms with Crippen LogP contribution in [0, 0.1) is 0 Å². The van der Waals surface area contributed by atoms with E-state index in [1.165, 1.54) is 16.7 Å². The Labute approximate surface area is 191 Å². The highest BCUT2D eigenvalue weighted by Crippen LogP contribution is 2.21. The maximum atomic E-state index is 6.01. The zero-order valence-corrected chi connectivity index (χ0v) is 19.0. The Balaban J connectivity index is 1.33. The van der Waals surface area contributed by atoms with Crippen molar-refractivity contribution < 1.29 is 14.2 Å². The summed E-state index contributed by atoms with van der Waals surface area (Å²) in [5, 5.41) is 3.46. The van der Waals surface area contributed by atoms with Gasteiger partial charge in [-0.2, -0.15) is 0 Å². The number of hydrogen-bond acceptors (Lipinski definition) is 4. The Morgan fingerprint density at radius 3 is 2.59 bits per heavy atom. The molecule has 2 aliphatic rings. The van der Waals surface area contributed by atoms with Gasteiger partial charge in [0.05, 0.1) is 32.5 Å². The molecule has 0 radical (unpaired) electrons. The highest BCUT2D eigenvalue weighted by Gasteiger charge is 2.32. The Hall–Kier alpha value is -2.41. The molecule has 6 heteroatoms. The zero-order valence-electron chi connectivity index (χ0n) is 19.0. The van der Waals surface area contributed by atoms with Crippen molar-refractivity contribution in [2.45, 2.75) is 51.7 Å². The maximum absolute atomic E-state index is 6.01. The predicted molar refractivity (Wildman–Crippen MR) is 126 cm³/mol. The molecule has 2 atom stereocenters. The molecule has 2 fully saturated rings. The van der Waals surface area contributed by atoms with Crippen molar-refractivity contribution in [3.05, 3.63) is 71.3 Å². The molecule has 2 unspecified atom stereocenters. The highest BCUT2D eigenvalue weighted by atomic mass is 16.5. The van der Waals surface area contributed by atoms with E-state index in [9.17, 15) is 0 Å². The number of morpholine rings is 1. The van der Waals surface area contributed by atoms with Crippen LogP contribution < -0.4 is 5.32 Å². The first-order valence-electron chi connectivity index (χ1n) is 11.8. The SMILES string of the molecule is CCNC(=NCc1cccc(COCc2ccccc2)c1)N1CCOC(C2CCCO2)C1. The molecule has 1 N–H and O–H groups in total. The molecular formula is C26H35N3O3. The standard InChI is InChI=1S/C26H35N3O3/c1-2-27-26(29-13-15-32-25(18-29)24-12-7-14-31-24)28-17-22-10-6-11-23(16-22)20-30-19-21-8-4-3-5-9-21/h3-6,8-11,16,24-25H,2,7,12-15,17-20H2,1H3,(H,27,28). The second-order valence-corrected chi connectivity index (χ2v) is 8.38. The summed E-state index contributed by atoms with van der Waals surface area (Å²) < 4.78 is 17.8. The predicted octanol–water partition coefficient (Wildman–Crippen LogP) is 3.75. The summed E-state index contributed by atoms with van der Waals surface area (Å²) in [6, 6.07) is 18.8. The lowest BCUT2D eigenvalue weighted by Crippen LogP contribution is -2.53. The number of aliphatic imine (C=N–C) groups is 1. The summed E-state index contributed by atoms with van der Waals surface area (Å²) in [7, 11) is 0. The molecule has 2 saturated heterocycles. The molecule has 0 spiro atoms. The maximum Gasteiger partial charge on any atom is 0.194 e. The van der Waals surface area contributed by atoms with E-state index in [-0.39, 0.29) is 12.2 Å². The minimum atomic E-state index is 0.125. The van der Waals surface area contributed by atoms with Crippen LogP contribution in [0.15, 0.2) is 59.6 Å². The van der Waals surface area contributed by atoms with Gasteiger partial charge in [0.2, 0.25) is 0 Å². The molecule has 2 aliphatic heterocycles. The van der Waals surface area contributed by atoms with Crippen LogP contribution >= 0.6 is 0 Å². The van der Waals surface area contributed by atoms with E-state index in [1.807, 2.05) is 18.2 Å². The van der Waals surface area contributed by atoms with E-state index in [1.54, 1.807) is 0 Å². The molecule has 0 bridgehead atoms. The molecular weight excluding hydrogens is 402 g/mol.